The Morgan fingerprint density at radius 3 is 2.67 bits per heavy atom. The fourth-order valence-electron chi connectivity index (χ4n) is 3.33. The predicted octanol–water partition coefficient (Wildman–Crippen LogP) is 3.13. The summed E-state index contributed by atoms with van der Waals surface area (Å²) in [6, 6.07) is 9.95. The predicted molar refractivity (Wildman–Crippen MR) is 93.6 cm³/mol. The van der Waals surface area contributed by atoms with Gasteiger partial charge in [-0.15, -0.1) is 0 Å². The highest BCUT2D eigenvalue weighted by atomic mass is 16.5. The first kappa shape index (κ1) is 16.7. The number of aromatic nitrogens is 2. The normalized spacial score (nSPS) is 17.5. The summed E-state index contributed by atoms with van der Waals surface area (Å²) in [4.78, 5) is 14.7. The molecule has 128 valence electrons. The molecule has 0 bridgehead atoms. The second kappa shape index (κ2) is 7.18. The number of carbonyl (C=O) groups excluding carboxylic acids is 1. The van der Waals surface area contributed by atoms with Crippen LogP contribution in [0.4, 0.5) is 0 Å². The Labute approximate surface area is 143 Å². The van der Waals surface area contributed by atoms with E-state index >= 15 is 0 Å². The van der Waals surface area contributed by atoms with Crippen LogP contribution in [0.5, 0.6) is 0 Å². The smallest absolute Gasteiger partial charge is 0.254 e. The van der Waals surface area contributed by atoms with Crippen molar-refractivity contribution in [2.45, 2.75) is 39.7 Å². The number of likely N-dealkylation sites (tertiary alicyclic amines) is 1. The van der Waals surface area contributed by atoms with Crippen LogP contribution in [0.1, 0.15) is 41.5 Å². The number of hydrogen-bond acceptors (Lipinski definition) is 3. The number of rotatable bonds is 5. The van der Waals surface area contributed by atoms with Crippen LogP contribution in [-0.4, -0.2) is 46.4 Å². The van der Waals surface area contributed by atoms with E-state index in [1.165, 1.54) is 0 Å². The van der Waals surface area contributed by atoms with Gasteiger partial charge in [0.1, 0.15) is 0 Å². The van der Waals surface area contributed by atoms with Gasteiger partial charge < -0.3 is 9.64 Å². The lowest BCUT2D eigenvalue weighted by Gasteiger charge is -2.24. The Morgan fingerprint density at radius 2 is 2.04 bits per heavy atom. The van der Waals surface area contributed by atoms with Gasteiger partial charge in [0, 0.05) is 24.4 Å². The van der Waals surface area contributed by atoms with E-state index in [9.17, 15) is 4.79 Å². The summed E-state index contributed by atoms with van der Waals surface area (Å²) >= 11 is 0. The molecular weight excluding hydrogens is 302 g/mol. The number of carbonyl (C=O) groups is 1. The highest BCUT2D eigenvalue weighted by Crippen LogP contribution is 2.21. The van der Waals surface area contributed by atoms with Crippen LogP contribution in [0.25, 0.3) is 5.69 Å². The van der Waals surface area contributed by atoms with Crippen LogP contribution in [0.3, 0.4) is 0 Å². The molecule has 1 aromatic carbocycles. The lowest BCUT2D eigenvalue weighted by Crippen LogP contribution is -2.38. The zero-order valence-electron chi connectivity index (χ0n) is 14.7. The summed E-state index contributed by atoms with van der Waals surface area (Å²) in [6.45, 7) is 8.13. The van der Waals surface area contributed by atoms with E-state index in [0.717, 1.165) is 42.0 Å². The molecule has 2 heterocycles. The highest BCUT2D eigenvalue weighted by Gasteiger charge is 2.29. The van der Waals surface area contributed by atoms with Gasteiger partial charge >= 0.3 is 0 Å². The van der Waals surface area contributed by atoms with Crippen molar-refractivity contribution in [2.75, 3.05) is 19.8 Å². The van der Waals surface area contributed by atoms with Crippen LogP contribution in [0, 0.1) is 13.8 Å². The van der Waals surface area contributed by atoms with Crippen molar-refractivity contribution in [2.24, 2.45) is 0 Å². The van der Waals surface area contributed by atoms with Gasteiger partial charge in [-0.3, -0.25) is 4.79 Å². The van der Waals surface area contributed by atoms with Gasteiger partial charge in [-0.1, -0.05) is 0 Å². The zero-order chi connectivity index (χ0) is 17.1. The van der Waals surface area contributed by atoms with E-state index in [4.69, 9.17) is 4.74 Å². The van der Waals surface area contributed by atoms with Crippen molar-refractivity contribution in [1.29, 1.82) is 0 Å². The maximum absolute atomic E-state index is 12.8. The average molecular weight is 327 g/mol. The third-order valence-corrected chi connectivity index (χ3v) is 4.52. The maximum atomic E-state index is 12.8. The molecule has 1 fully saturated rings. The van der Waals surface area contributed by atoms with Crippen molar-refractivity contribution in [3.63, 3.8) is 0 Å². The molecule has 1 atom stereocenters. The minimum atomic E-state index is 0.0946. The third kappa shape index (κ3) is 3.36. The fourth-order valence-corrected chi connectivity index (χ4v) is 3.33. The van der Waals surface area contributed by atoms with Gasteiger partial charge in [0.25, 0.3) is 5.91 Å². The molecular formula is C19H25N3O2. The van der Waals surface area contributed by atoms with E-state index < -0.39 is 0 Å². The number of hydrogen-bond donors (Lipinski definition) is 0. The minimum Gasteiger partial charge on any atom is -0.380 e. The number of aryl methyl sites for hydroxylation is 2. The lowest BCUT2D eigenvalue weighted by atomic mass is 10.1. The molecule has 24 heavy (non-hydrogen) atoms. The monoisotopic (exact) mass is 327 g/mol. The van der Waals surface area contributed by atoms with Crippen molar-refractivity contribution >= 4 is 5.91 Å². The second-order valence-corrected chi connectivity index (χ2v) is 6.34. The van der Waals surface area contributed by atoms with Crippen LogP contribution in [0.15, 0.2) is 30.3 Å². The molecule has 0 aliphatic carbocycles. The molecule has 5 nitrogen and oxygen atoms in total. The summed E-state index contributed by atoms with van der Waals surface area (Å²) in [6.07, 6.45) is 2.07. The molecule has 0 radical (unpaired) electrons. The molecule has 1 aliphatic heterocycles. The fraction of sp³-hybridized carbons (Fsp3) is 0.474. The molecule has 1 amide bonds. The minimum absolute atomic E-state index is 0.0946. The van der Waals surface area contributed by atoms with Crippen molar-refractivity contribution in [3.05, 3.63) is 47.3 Å². The van der Waals surface area contributed by atoms with E-state index in [0.29, 0.717) is 13.2 Å². The summed E-state index contributed by atoms with van der Waals surface area (Å²) in [5.74, 6) is 0.0946. The number of nitrogens with zero attached hydrogens (tertiary/aromatic N) is 3. The standard InChI is InChI=1S/C19H25N3O2/c1-4-24-13-18-6-5-11-21(18)19(23)16-7-9-17(10-8-16)22-15(3)12-14(2)20-22/h7-10,12,18H,4-6,11,13H2,1-3H3/t18-/m0/s1. The van der Waals surface area contributed by atoms with Crippen molar-refractivity contribution in [1.82, 2.24) is 14.7 Å². The van der Waals surface area contributed by atoms with Crippen LogP contribution < -0.4 is 0 Å². The van der Waals surface area contributed by atoms with Gasteiger partial charge in [0.05, 0.1) is 24.0 Å². The van der Waals surface area contributed by atoms with Crippen molar-refractivity contribution in [3.8, 4) is 5.69 Å². The van der Waals surface area contributed by atoms with Gasteiger partial charge in [-0.05, 0) is 63.9 Å². The van der Waals surface area contributed by atoms with Gasteiger partial charge in [-0.2, -0.15) is 5.10 Å². The quantitative estimate of drug-likeness (QED) is 0.847. The molecule has 1 saturated heterocycles. The number of ether oxygens (including phenoxy) is 1. The van der Waals surface area contributed by atoms with E-state index in [2.05, 4.69) is 5.10 Å². The highest BCUT2D eigenvalue weighted by molar-refractivity contribution is 5.94. The first-order chi connectivity index (χ1) is 11.6. The Balaban J connectivity index is 1.75. The number of benzene rings is 1. The van der Waals surface area contributed by atoms with Crippen LogP contribution >= 0.6 is 0 Å². The van der Waals surface area contributed by atoms with Gasteiger partial charge in [0.2, 0.25) is 0 Å². The van der Waals surface area contributed by atoms with E-state index in [1.807, 2.05) is 60.7 Å². The zero-order valence-corrected chi connectivity index (χ0v) is 14.7. The molecule has 2 aromatic rings. The average Bonchev–Trinajstić information content (AvgIpc) is 3.18. The summed E-state index contributed by atoms with van der Waals surface area (Å²) < 4.78 is 7.42. The van der Waals surface area contributed by atoms with Gasteiger partial charge in [-0.25, -0.2) is 4.68 Å². The second-order valence-electron chi connectivity index (χ2n) is 6.34. The Hall–Kier alpha value is -2.14. The topological polar surface area (TPSA) is 47.4 Å². The largest absolute Gasteiger partial charge is 0.380 e. The summed E-state index contributed by atoms with van der Waals surface area (Å²) in [5.41, 5.74) is 3.78. The SMILES string of the molecule is CCOC[C@@H]1CCCN1C(=O)c1ccc(-n2nc(C)cc2C)cc1. The van der Waals surface area contributed by atoms with Crippen LogP contribution in [0.2, 0.25) is 0 Å². The maximum Gasteiger partial charge on any atom is 0.254 e. The molecule has 5 heteroatoms. The molecule has 0 saturated carbocycles. The Morgan fingerprint density at radius 1 is 1.29 bits per heavy atom. The third-order valence-electron chi connectivity index (χ3n) is 4.52. The molecule has 0 N–H and O–H groups in total. The Kier molecular flexibility index (Phi) is 5.00. The molecule has 0 spiro atoms. The Bertz CT molecular complexity index is 706. The van der Waals surface area contributed by atoms with Crippen LogP contribution in [-0.2, 0) is 4.74 Å². The molecule has 1 aliphatic rings. The first-order valence-corrected chi connectivity index (χ1v) is 8.62. The van der Waals surface area contributed by atoms with E-state index in [-0.39, 0.29) is 11.9 Å². The summed E-state index contributed by atoms with van der Waals surface area (Å²) in [7, 11) is 0. The van der Waals surface area contributed by atoms with Crippen molar-refractivity contribution < 1.29 is 9.53 Å². The summed E-state index contributed by atoms with van der Waals surface area (Å²) in [5, 5.41) is 4.48. The lowest BCUT2D eigenvalue weighted by molar-refractivity contribution is 0.0564. The number of amides is 1. The molecule has 0 unspecified atom stereocenters. The molecule has 1 aromatic heterocycles. The molecule has 3 rings (SSSR count). The van der Waals surface area contributed by atoms with Gasteiger partial charge in [0.15, 0.2) is 0 Å². The van der Waals surface area contributed by atoms with E-state index in [1.54, 1.807) is 0 Å². The first-order valence-electron chi connectivity index (χ1n) is 8.62.